The van der Waals surface area contributed by atoms with Crippen molar-refractivity contribution in [2.75, 3.05) is 26.1 Å². The van der Waals surface area contributed by atoms with E-state index in [1.54, 1.807) is 18.2 Å². The van der Waals surface area contributed by atoms with E-state index in [-0.39, 0.29) is 32.1 Å². The van der Waals surface area contributed by atoms with Crippen LogP contribution in [0.15, 0.2) is 59.6 Å². The number of nitrogens with one attached hydrogen (secondary N) is 1. The second-order valence-electron chi connectivity index (χ2n) is 7.30. The smallest absolute Gasteiger partial charge is 0.265 e. The molecule has 0 saturated carbocycles. The van der Waals surface area contributed by atoms with Crippen molar-refractivity contribution in [3.05, 3.63) is 70.6 Å². The van der Waals surface area contributed by atoms with Gasteiger partial charge in [-0.1, -0.05) is 23.2 Å². The molecule has 1 heterocycles. The van der Waals surface area contributed by atoms with Crippen molar-refractivity contribution in [3.8, 4) is 28.7 Å². The van der Waals surface area contributed by atoms with E-state index in [0.717, 1.165) is 12.1 Å². The number of fused-ring (bicyclic) bond motifs is 1. The lowest BCUT2D eigenvalue weighted by Crippen LogP contribution is -2.15. The summed E-state index contributed by atoms with van der Waals surface area (Å²) in [5.74, 6) is 0.477. The highest BCUT2D eigenvalue weighted by molar-refractivity contribution is 7.92. The fourth-order valence-electron chi connectivity index (χ4n) is 3.44. The first kappa shape index (κ1) is 25.6. The van der Waals surface area contributed by atoms with E-state index < -0.39 is 15.8 Å². The van der Waals surface area contributed by atoms with Crippen molar-refractivity contribution in [2.45, 2.75) is 4.90 Å². The van der Waals surface area contributed by atoms with E-state index in [1.807, 2.05) is 0 Å². The molecule has 0 unspecified atom stereocenters. The van der Waals surface area contributed by atoms with Crippen molar-refractivity contribution in [1.29, 1.82) is 0 Å². The Balaban J connectivity index is 1.64. The Morgan fingerprint density at radius 3 is 2.28 bits per heavy atom. The maximum atomic E-state index is 14.9. The molecule has 3 aromatic carbocycles. The minimum absolute atomic E-state index is 0.00609. The molecular weight excluding hydrogens is 534 g/mol. The average molecular weight is 553 g/mol. The molecule has 188 valence electrons. The van der Waals surface area contributed by atoms with Crippen LogP contribution in [0.1, 0.15) is 0 Å². The molecule has 4 rings (SSSR count). The van der Waals surface area contributed by atoms with Crippen molar-refractivity contribution in [1.82, 2.24) is 4.98 Å². The highest BCUT2D eigenvalue weighted by Crippen LogP contribution is 2.38. The summed E-state index contributed by atoms with van der Waals surface area (Å²) in [6.07, 6.45) is 1.53. The number of ether oxygens (including phenoxy) is 4. The molecule has 0 bridgehead atoms. The predicted octanol–water partition coefficient (Wildman–Crippen LogP) is 6.30. The summed E-state index contributed by atoms with van der Waals surface area (Å²) >= 11 is 12.0. The van der Waals surface area contributed by atoms with Crippen LogP contribution >= 0.6 is 23.2 Å². The number of pyridine rings is 1. The molecule has 0 aliphatic heterocycles. The number of sulfonamides is 1. The van der Waals surface area contributed by atoms with Gasteiger partial charge in [-0.25, -0.2) is 12.8 Å². The fourth-order valence-corrected chi connectivity index (χ4v) is 5.42. The minimum Gasteiger partial charge on any atom is -0.494 e. The lowest BCUT2D eigenvalue weighted by atomic mass is 10.2. The lowest BCUT2D eigenvalue weighted by molar-refractivity contribution is 0.355. The van der Waals surface area contributed by atoms with Gasteiger partial charge < -0.3 is 18.9 Å². The van der Waals surface area contributed by atoms with Gasteiger partial charge in [0.05, 0.1) is 37.6 Å². The SMILES string of the molecule is COc1cc2nccc(Oc3ccc(NS(=O)(=O)c4cc(Cl)cc(Cl)c4OC)c(F)c3)c2cc1OC. The molecular formula is C24H19Cl2FN2O6S. The van der Waals surface area contributed by atoms with E-state index in [4.69, 9.17) is 42.1 Å². The van der Waals surface area contributed by atoms with Crippen LogP contribution in [0, 0.1) is 5.82 Å². The van der Waals surface area contributed by atoms with Crippen LogP contribution in [0.5, 0.6) is 28.7 Å². The summed E-state index contributed by atoms with van der Waals surface area (Å²) in [4.78, 5) is 3.96. The van der Waals surface area contributed by atoms with Crippen LogP contribution < -0.4 is 23.7 Å². The maximum Gasteiger partial charge on any atom is 0.265 e. The van der Waals surface area contributed by atoms with Gasteiger partial charge in [-0.2, -0.15) is 0 Å². The van der Waals surface area contributed by atoms with Gasteiger partial charge >= 0.3 is 0 Å². The van der Waals surface area contributed by atoms with Crippen molar-refractivity contribution >= 4 is 49.8 Å². The molecule has 0 amide bonds. The Hall–Kier alpha value is -3.47. The third kappa shape index (κ3) is 5.06. The molecule has 1 aromatic heterocycles. The molecule has 4 aromatic rings. The summed E-state index contributed by atoms with van der Waals surface area (Å²) in [5.41, 5.74) is 0.260. The van der Waals surface area contributed by atoms with Gasteiger partial charge in [0, 0.05) is 28.7 Å². The number of aromatic nitrogens is 1. The molecule has 36 heavy (non-hydrogen) atoms. The van der Waals surface area contributed by atoms with E-state index >= 15 is 0 Å². The van der Waals surface area contributed by atoms with E-state index in [0.29, 0.717) is 28.2 Å². The number of benzene rings is 3. The fraction of sp³-hybridized carbons (Fsp3) is 0.125. The molecule has 0 atom stereocenters. The van der Waals surface area contributed by atoms with Gasteiger partial charge in [-0.3, -0.25) is 9.71 Å². The molecule has 0 aliphatic rings. The molecule has 1 N–H and O–H groups in total. The summed E-state index contributed by atoms with van der Waals surface area (Å²) in [6.45, 7) is 0. The monoisotopic (exact) mass is 552 g/mol. The van der Waals surface area contributed by atoms with Crippen LogP contribution in [0.3, 0.4) is 0 Å². The van der Waals surface area contributed by atoms with Gasteiger partial charge in [0.1, 0.15) is 16.4 Å². The number of rotatable bonds is 8. The van der Waals surface area contributed by atoms with Crippen molar-refractivity contribution in [2.24, 2.45) is 0 Å². The highest BCUT2D eigenvalue weighted by Gasteiger charge is 2.24. The number of methoxy groups -OCH3 is 3. The average Bonchev–Trinajstić information content (AvgIpc) is 2.84. The Morgan fingerprint density at radius 2 is 1.61 bits per heavy atom. The topological polar surface area (TPSA) is 96.0 Å². The van der Waals surface area contributed by atoms with Gasteiger partial charge in [-0.05, 0) is 36.4 Å². The van der Waals surface area contributed by atoms with Gasteiger partial charge in [0.15, 0.2) is 23.1 Å². The standard InChI is InChI=1S/C24H19Cl2FN2O6S/c1-32-21-11-15-19(12-22(21)33-2)28-7-6-20(15)35-14-4-5-18(17(27)10-14)29-36(30,31)23-9-13(25)8-16(26)24(23)34-3/h4-12,29H,1-3H3. The normalized spacial score (nSPS) is 11.3. The Morgan fingerprint density at radius 1 is 0.889 bits per heavy atom. The zero-order valence-corrected chi connectivity index (χ0v) is 21.5. The van der Waals surface area contributed by atoms with E-state index in [2.05, 4.69) is 9.71 Å². The molecule has 0 spiro atoms. The Kier molecular flexibility index (Phi) is 7.30. The molecule has 0 fully saturated rings. The zero-order valence-electron chi connectivity index (χ0n) is 19.1. The molecule has 0 saturated heterocycles. The number of hydrogen-bond acceptors (Lipinski definition) is 7. The van der Waals surface area contributed by atoms with Crippen LogP contribution in [0.25, 0.3) is 10.9 Å². The quantitative estimate of drug-likeness (QED) is 0.274. The first-order chi connectivity index (χ1) is 17.2. The van der Waals surface area contributed by atoms with Crippen molar-refractivity contribution in [3.63, 3.8) is 0 Å². The van der Waals surface area contributed by atoms with E-state index in [1.165, 1.54) is 45.7 Å². The second kappa shape index (κ2) is 10.3. The number of anilines is 1. The first-order valence-electron chi connectivity index (χ1n) is 10.2. The Bertz CT molecular complexity index is 1570. The number of halogens is 3. The molecule has 0 radical (unpaired) electrons. The number of nitrogens with zero attached hydrogens (tertiary/aromatic N) is 1. The third-order valence-corrected chi connectivity index (χ3v) is 6.96. The van der Waals surface area contributed by atoms with E-state index in [9.17, 15) is 12.8 Å². The summed E-state index contributed by atoms with van der Waals surface area (Å²) < 4.78 is 64.6. The van der Waals surface area contributed by atoms with Crippen molar-refractivity contribution < 1.29 is 31.8 Å². The largest absolute Gasteiger partial charge is 0.494 e. The van der Waals surface area contributed by atoms with Crippen LogP contribution in [-0.2, 0) is 10.0 Å². The van der Waals surface area contributed by atoms with Gasteiger partial charge in [0.2, 0.25) is 0 Å². The Labute approximate surface area is 216 Å². The molecule has 8 nitrogen and oxygen atoms in total. The summed E-state index contributed by atoms with van der Waals surface area (Å²) in [6, 6.07) is 11.2. The highest BCUT2D eigenvalue weighted by atomic mass is 35.5. The zero-order chi connectivity index (χ0) is 26.0. The van der Waals surface area contributed by atoms with Gasteiger partial charge in [0.25, 0.3) is 10.0 Å². The molecule has 0 aliphatic carbocycles. The number of hydrogen-bond donors (Lipinski definition) is 1. The van der Waals surface area contributed by atoms with Gasteiger partial charge in [-0.15, -0.1) is 0 Å². The first-order valence-corrected chi connectivity index (χ1v) is 12.4. The second-order valence-corrected chi connectivity index (χ2v) is 9.80. The minimum atomic E-state index is -4.30. The maximum absolute atomic E-state index is 14.9. The molecule has 12 heteroatoms. The third-order valence-electron chi connectivity index (χ3n) is 5.09. The summed E-state index contributed by atoms with van der Waals surface area (Å²) in [7, 11) is -0.0217. The lowest BCUT2D eigenvalue weighted by Gasteiger charge is -2.15. The van der Waals surface area contributed by atoms with Crippen LogP contribution in [0.4, 0.5) is 10.1 Å². The van der Waals surface area contributed by atoms with Crippen LogP contribution in [0.2, 0.25) is 10.0 Å². The van der Waals surface area contributed by atoms with Crippen LogP contribution in [-0.4, -0.2) is 34.7 Å². The summed E-state index contributed by atoms with van der Waals surface area (Å²) in [5, 5.41) is 0.669. The predicted molar refractivity (Wildman–Crippen MR) is 135 cm³/mol.